The van der Waals surface area contributed by atoms with Crippen LogP contribution in [0.3, 0.4) is 0 Å². The predicted molar refractivity (Wildman–Crippen MR) is 105 cm³/mol. The molecule has 3 aromatic rings. The summed E-state index contributed by atoms with van der Waals surface area (Å²) < 4.78 is 5.49. The second kappa shape index (κ2) is 6.82. The molecule has 4 rings (SSSR count). The maximum absolute atomic E-state index is 12.6. The molecule has 0 spiro atoms. The smallest absolute Gasteiger partial charge is 0.232 e. The summed E-state index contributed by atoms with van der Waals surface area (Å²) in [5.74, 6) is 0.969. The fourth-order valence-corrected chi connectivity index (χ4v) is 3.54. The van der Waals surface area contributed by atoms with Crippen molar-refractivity contribution in [3.63, 3.8) is 0 Å². The zero-order valence-electron chi connectivity index (χ0n) is 15.5. The normalized spacial score (nSPS) is 17.0. The van der Waals surface area contributed by atoms with Gasteiger partial charge in [0.1, 0.15) is 0 Å². The molecule has 5 nitrogen and oxygen atoms in total. The van der Waals surface area contributed by atoms with Crippen LogP contribution in [-0.4, -0.2) is 22.6 Å². The first-order valence-electron chi connectivity index (χ1n) is 8.90. The number of hydrogen-bond acceptors (Lipinski definition) is 4. The van der Waals surface area contributed by atoms with Crippen molar-refractivity contribution < 1.29 is 9.32 Å². The van der Waals surface area contributed by atoms with Gasteiger partial charge >= 0.3 is 0 Å². The third-order valence-corrected chi connectivity index (χ3v) is 5.38. The van der Waals surface area contributed by atoms with Crippen LogP contribution in [0, 0.1) is 20.8 Å². The summed E-state index contributed by atoms with van der Waals surface area (Å²) in [5, 5.41) is 4.73. The van der Waals surface area contributed by atoms with Gasteiger partial charge in [0.15, 0.2) is 0 Å². The number of nitrogens with zero attached hydrogens (tertiary/aromatic N) is 3. The molecule has 0 radical (unpaired) electrons. The number of aromatic nitrogens is 2. The number of carbonyl (C=O) groups excluding carboxylic acids is 1. The van der Waals surface area contributed by atoms with E-state index in [0.717, 1.165) is 16.8 Å². The van der Waals surface area contributed by atoms with E-state index in [1.165, 1.54) is 11.1 Å². The summed E-state index contributed by atoms with van der Waals surface area (Å²) in [4.78, 5) is 18.9. The number of rotatable bonds is 3. The first kappa shape index (κ1) is 17.7. The summed E-state index contributed by atoms with van der Waals surface area (Å²) in [5.41, 5.74) is 5.16. The highest BCUT2D eigenvalue weighted by atomic mass is 35.5. The van der Waals surface area contributed by atoms with E-state index in [-0.39, 0.29) is 11.8 Å². The minimum Gasteiger partial charge on any atom is -0.339 e. The van der Waals surface area contributed by atoms with Crippen LogP contribution >= 0.6 is 11.6 Å². The number of carbonyl (C=O) groups is 1. The van der Waals surface area contributed by atoms with E-state index in [1.807, 2.05) is 43.3 Å². The molecular weight excluding hydrogens is 362 g/mol. The van der Waals surface area contributed by atoms with Gasteiger partial charge in [0.25, 0.3) is 0 Å². The van der Waals surface area contributed by atoms with Crippen LogP contribution in [0.4, 0.5) is 5.69 Å². The highest BCUT2D eigenvalue weighted by Gasteiger charge is 2.35. The van der Waals surface area contributed by atoms with E-state index in [9.17, 15) is 4.79 Å². The molecule has 27 heavy (non-hydrogen) atoms. The number of benzene rings is 2. The molecule has 2 heterocycles. The molecule has 1 amide bonds. The van der Waals surface area contributed by atoms with E-state index in [2.05, 4.69) is 24.0 Å². The highest BCUT2D eigenvalue weighted by Crippen LogP contribution is 2.34. The Hall–Kier alpha value is -2.66. The Morgan fingerprint density at radius 3 is 2.63 bits per heavy atom. The van der Waals surface area contributed by atoms with Gasteiger partial charge in [-0.2, -0.15) is 4.98 Å². The molecule has 138 valence electrons. The third-order valence-electron chi connectivity index (χ3n) is 5.14. The lowest BCUT2D eigenvalue weighted by atomic mass is 10.1. The topological polar surface area (TPSA) is 59.2 Å². The Morgan fingerprint density at radius 2 is 1.85 bits per heavy atom. The van der Waals surface area contributed by atoms with E-state index in [1.54, 1.807) is 4.90 Å². The van der Waals surface area contributed by atoms with Gasteiger partial charge < -0.3 is 9.42 Å². The van der Waals surface area contributed by atoms with Gasteiger partial charge in [0.05, 0.1) is 5.92 Å². The molecule has 1 aromatic heterocycles. The van der Waals surface area contributed by atoms with Crippen molar-refractivity contribution >= 4 is 23.2 Å². The second-order valence-corrected chi connectivity index (χ2v) is 7.53. The van der Waals surface area contributed by atoms with Crippen LogP contribution in [0.1, 0.15) is 34.9 Å². The molecule has 1 aliphatic rings. The standard InChI is InChI=1S/C21H20ClN3O2/c1-12-4-6-15(8-14(12)3)20-23-21(27-24-20)16-9-19(26)25(11-16)18-10-17(22)7-5-13(18)2/h4-8,10,16H,9,11H2,1-3H3. The van der Waals surface area contributed by atoms with E-state index in [4.69, 9.17) is 16.1 Å². The summed E-state index contributed by atoms with van der Waals surface area (Å²) in [6, 6.07) is 11.6. The fourth-order valence-electron chi connectivity index (χ4n) is 3.38. The lowest BCUT2D eigenvalue weighted by Gasteiger charge is -2.18. The van der Waals surface area contributed by atoms with E-state index >= 15 is 0 Å². The molecule has 6 heteroatoms. The van der Waals surface area contributed by atoms with Crippen molar-refractivity contribution in [2.45, 2.75) is 33.1 Å². The average molecular weight is 382 g/mol. The molecule has 0 saturated carbocycles. The number of hydrogen-bond donors (Lipinski definition) is 0. The van der Waals surface area contributed by atoms with Crippen molar-refractivity contribution in [2.24, 2.45) is 0 Å². The van der Waals surface area contributed by atoms with Crippen molar-refractivity contribution in [3.05, 3.63) is 64.0 Å². The number of halogens is 1. The van der Waals surface area contributed by atoms with Crippen LogP contribution < -0.4 is 4.90 Å². The van der Waals surface area contributed by atoms with Crippen LogP contribution in [0.25, 0.3) is 11.4 Å². The Morgan fingerprint density at radius 1 is 1.07 bits per heavy atom. The largest absolute Gasteiger partial charge is 0.339 e. The minimum atomic E-state index is -0.122. The fraction of sp³-hybridized carbons (Fsp3) is 0.286. The van der Waals surface area contributed by atoms with Crippen molar-refractivity contribution in [1.29, 1.82) is 0 Å². The van der Waals surface area contributed by atoms with Crippen molar-refractivity contribution in [1.82, 2.24) is 10.1 Å². The molecule has 1 atom stereocenters. The molecule has 0 N–H and O–H groups in total. The predicted octanol–water partition coefficient (Wildman–Crippen LogP) is 4.84. The minimum absolute atomic E-state index is 0.0382. The SMILES string of the molecule is Cc1ccc(-c2noc(C3CC(=O)N(c4cc(Cl)ccc4C)C3)n2)cc1C. The lowest BCUT2D eigenvalue weighted by Crippen LogP contribution is -2.25. The zero-order chi connectivity index (χ0) is 19.1. The summed E-state index contributed by atoms with van der Waals surface area (Å²) >= 11 is 6.11. The molecule has 1 fully saturated rings. The number of anilines is 1. The first-order valence-corrected chi connectivity index (χ1v) is 9.28. The van der Waals surface area contributed by atoms with Gasteiger partial charge in [-0.05, 0) is 55.7 Å². The first-order chi connectivity index (χ1) is 12.9. The van der Waals surface area contributed by atoms with Crippen LogP contribution in [0.15, 0.2) is 40.9 Å². The maximum Gasteiger partial charge on any atom is 0.232 e. The van der Waals surface area contributed by atoms with E-state index < -0.39 is 0 Å². The Kier molecular flexibility index (Phi) is 4.48. The summed E-state index contributed by atoms with van der Waals surface area (Å²) in [6.45, 7) is 6.60. The molecule has 0 aliphatic carbocycles. The zero-order valence-corrected chi connectivity index (χ0v) is 16.2. The molecular formula is C21H20ClN3O2. The summed E-state index contributed by atoms with van der Waals surface area (Å²) in [6.07, 6.45) is 0.348. The molecule has 1 aliphatic heterocycles. The Balaban J connectivity index is 1.58. The highest BCUT2D eigenvalue weighted by molar-refractivity contribution is 6.31. The second-order valence-electron chi connectivity index (χ2n) is 7.09. The Bertz CT molecular complexity index is 1030. The van der Waals surface area contributed by atoms with E-state index in [0.29, 0.717) is 29.7 Å². The summed E-state index contributed by atoms with van der Waals surface area (Å²) in [7, 11) is 0. The van der Waals surface area contributed by atoms with Crippen molar-refractivity contribution in [2.75, 3.05) is 11.4 Å². The number of aryl methyl sites for hydroxylation is 3. The maximum atomic E-state index is 12.6. The average Bonchev–Trinajstić information content (AvgIpc) is 3.26. The van der Waals surface area contributed by atoms with Gasteiger partial charge in [-0.1, -0.05) is 35.0 Å². The van der Waals surface area contributed by atoms with Crippen LogP contribution in [0.2, 0.25) is 5.02 Å². The van der Waals surface area contributed by atoms with Gasteiger partial charge in [0, 0.05) is 29.2 Å². The third kappa shape index (κ3) is 3.35. The Labute approximate surface area is 163 Å². The van der Waals surface area contributed by atoms with Crippen molar-refractivity contribution in [3.8, 4) is 11.4 Å². The molecule has 1 unspecified atom stereocenters. The van der Waals surface area contributed by atoms with Gasteiger partial charge in [0.2, 0.25) is 17.6 Å². The molecule has 2 aromatic carbocycles. The number of amides is 1. The van der Waals surface area contributed by atoms with Gasteiger partial charge in [-0.15, -0.1) is 0 Å². The quantitative estimate of drug-likeness (QED) is 0.651. The molecule has 0 bridgehead atoms. The molecule has 1 saturated heterocycles. The van der Waals surface area contributed by atoms with Crippen LogP contribution in [0.5, 0.6) is 0 Å². The van der Waals surface area contributed by atoms with Crippen LogP contribution in [-0.2, 0) is 4.79 Å². The van der Waals surface area contributed by atoms with Gasteiger partial charge in [-0.25, -0.2) is 0 Å². The monoisotopic (exact) mass is 381 g/mol. The lowest BCUT2D eigenvalue weighted by molar-refractivity contribution is -0.117. The van der Waals surface area contributed by atoms with Gasteiger partial charge in [-0.3, -0.25) is 4.79 Å².